The molecule has 1 aromatic rings. The number of hydrogen-bond acceptors (Lipinski definition) is 8. The van der Waals surface area contributed by atoms with E-state index in [1.54, 1.807) is 4.90 Å². The number of amides is 2. The van der Waals surface area contributed by atoms with Gasteiger partial charge in [0, 0.05) is 24.9 Å². The van der Waals surface area contributed by atoms with E-state index in [-0.39, 0.29) is 31.3 Å². The Bertz CT molecular complexity index is 850. The average Bonchev–Trinajstić information content (AvgIpc) is 3.32. The number of hydrogen-bond donors (Lipinski definition) is 1. The predicted octanol–water partition coefficient (Wildman–Crippen LogP) is 2.82. The van der Waals surface area contributed by atoms with E-state index in [1.807, 2.05) is 0 Å². The number of primary amides is 1. The van der Waals surface area contributed by atoms with E-state index in [4.69, 9.17) is 15.2 Å². The van der Waals surface area contributed by atoms with Gasteiger partial charge in [-0.25, -0.2) is 4.79 Å². The van der Waals surface area contributed by atoms with Crippen LogP contribution in [0.3, 0.4) is 0 Å². The summed E-state index contributed by atoms with van der Waals surface area (Å²) < 4.78 is 52.9. The molecule has 2 unspecified atom stereocenters. The van der Waals surface area contributed by atoms with Gasteiger partial charge >= 0.3 is 18.2 Å². The van der Waals surface area contributed by atoms with Crippen LogP contribution < -0.4 is 5.73 Å². The highest BCUT2D eigenvalue weighted by atomic mass is 19.4. The summed E-state index contributed by atoms with van der Waals surface area (Å²) >= 11 is 0. The van der Waals surface area contributed by atoms with Gasteiger partial charge in [0.25, 0.3) is 0 Å². The van der Waals surface area contributed by atoms with E-state index in [0.717, 1.165) is 32.1 Å². The molecule has 1 aliphatic carbocycles. The molecule has 0 spiro atoms. The van der Waals surface area contributed by atoms with E-state index in [2.05, 4.69) is 14.7 Å². The molecule has 2 fully saturated rings. The average molecular weight is 490 g/mol. The van der Waals surface area contributed by atoms with Crippen LogP contribution in [0.5, 0.6) is 0 Å². The van der Waals surface area contributed by atoms with Crippen molar-refractivity contribution in [2.45, 2.75) is 51.1 Å². The van der Waals surface area contributed by atoms with Crippen molar-refractivity contribution in [2.24, 2.45) is 23.5 Å². The second-order valence-corrected chi connectivity index (χ2v) is 8.62. The Morgan fingerprint density at radius 3 is 2.41 bits per heavy atom. The Hall–Kier alpha value is -2.70. The summed E-state index contributed by atoms with van der Waals surface area (Å²) in [5, 5.41) is 3.20. The number of nitrogens with zero attached hydrogens (tertiary/aromatic N) is 3. The molecule has 190 valence electrons. The molecular weight excluding hydrogens is 461 g/mol. The fourth-order valence-electron chi connectivity index (χ4n) is 4.64. The summed E-state index contributed by atoms with van der Waals surface area (Å²) in [6.07, 6.45) is -1.30. The zero-order chi connectivity index (χ0) is 24.7. The van der Waals surface area contributed by atoms with Crippen molar-refractivity contribution in [3.8, 4) is 0 Å². The fraction of sp³-hybridized carbons (Fsp3) is 0.762. The van der Waals surface area contributed by atoms with Crippen LogP contribution in [-0.4, -0.2) is 65.7 Å². The second kappa shape index (κ2) is 11.6. The van der Waals surface area contributed by atoms with Crippen molar-refractivity contribution in [3.05, 3.63) is 11.7 Å². The molecule has 2 amide bonds. The van der Waals surface area contributed by atoms with Crippen molar-refractivity contribution < 1.29 is 41.6 Å². The topological polar surface area (TPSA) is 138 Å². The molecule has 34 heavy (non-hydrogen) atoms. The first-order valence-corrected chi connectivity index (χ1v) is 11.4. The maximum absolute atomic E-state index is 13.5. The van der Waals surface area contributed by atoms with Crippen LogP contribution in [0.2, 0.25) is 0 Å². The molecule has 1 saturated heterocycles. The third kappa shape index (κ3) is 6.90. The van der Waals surface area contributed by atoms with Gasteiger partial charge in [0.05, 0.1) is 19.8 Å². The first-order chi connectivity index (χ1) is 16.2. The van der Waals surface area contributed by atoms with Crippen LogP contribution >= 0.6 is 0 Å². The highest BCUT2D eigenvalue weighted by Gasteiger charge is 2.41. The van der Waals surface area contributed by atoms with E-state index >= 15 is 0 Å². The highest BCUT2D eigenvalue weighted by molar-refractivity contribution is 5.94. The van der Waals surface area contributed by atoms with Gasteiger partial charge in [-0.05, 0) is 31.6 Å². The Morgan fingerprint density at radius 1 is 1.15 bits per heavy atom. The van der Waals surface area contributed by atoms with Crippen LogP contribution in [-0.2, 0) is 20.4 Å². The number of ketones is 1. The molecule has 2 N–H and O–H groups in total. The largest absolute Gasteiger partial charge is 0.471 e. The minimum atomic E-state index is -4.90. The maximum atomic E-state index is 13.5. The number of carbonyl (C=O) groups excluding carboxylic acids is 3. The van der Waals surface area contributed by atoms with E-state index < -0.39 is 41.6 Å². The van der Waals surface area contributed by atoms with E-state index in [1.165, 1.54) is 0 Å². The lowest BCUT2D eigenvalue weighted by Crippen LogP contribution is -2.46. The third-order valence-corrected chi connectivity index (χ3v) is 6.37. The minimum Gasteiger partial charge on any atom is -0.450 e. The number of halogens is 3. The molecule has 0 aromatic carbocycles. The molecule has 1 aromatic heterocycles. The Kier molecular flexibility index (Phi) is 8.86. The zero-order valence-corrected chi connectivity index (χ0v) is 18.7. The number of aromatic nitrogens is 2. The van der Waals surface area contributed by atoms with Crippen molar-refractivity contribution in [1.82, 2.24) is 15.0 Å². The number of rotatable bonds is 9. The SMILES string of the molecule is NC(=O)OCCC(CC(C(=O)N1CCOCC1)C1CCCCC1)C(=O)c1noc(C(F)(F)F)n1. The normalized spacial score (nSPS) is 19.4. The number of carbonyl (C=O) groups is 3. The van der Waals surface area contributed by atoms with Crippen molar-refractivity contribution in [3.63, 3.8) is 0 Å². The predicted molar refractivity (Wildman–Crippen MR) is 109 cm³/mol. The molecular formula is C21H29F3N4O6. The Labute approximate surface area is 194 Å². The first kappa shape index (κ1) is 25.9. The van der Waals surface area contributed by atoms with Gasteiger partial charge in [-0.1, -0.05) is 24.4 Å². The second-order valence-electron chi connectivity index (χ2n) is 8.62. The summed E-state index contributed by atoms with van der Waals surface area (Å²) in [5.41, 5.74) is 5.00. The lowest BCUT2D eigenvalue weighted by molar-refractivity contribution is -0.159. The van der Waals surface area contributed by atoms with Crippen LogP contribution in [0.4, 0.5) is 18.0 Å². The first-order valence-electron chi connectivity index (χ1n) is 11.4. The lowest BCUT2D eigenvalue weighted by Gasteiger charge is -2.36. The molecule has 2 aliphatic rings. The van der Waals surface area contributed by atoms with Gasteiger partial charge in [0.1, 0.15) is 0 Å². The molecule has 2 heterocycles. The third-order valence-electron chi connectivity index (χ3n) is 6.37. The fourth-order valence-corrected chi connectivity index (χ4v) is 4.64. The van der Waals surface area contributed by atoms with E-state index in [0.29, 0.717) is 26.3 Å². The highest BCUT2D eigenvalue weighted by Crippen LogP contribution is 2.36. The summed E-state index contributed by atoms with van der Waals surface area (Å²) in [6.45, 7) is 1.47. The minimum absolute atomic E-state index is 0.0347. The maximum Gasteiger partial charge on any atom is 0.471 e. The monoisotopic (exact) mass is 490 g/mol. The number of ether oxygens (including phenoxy) is 2. The molecule has 0 radical (unpaired) electrons. The van der Waals surface area contributed by atoms with Crippen molar-refractivity contribution >= 4 is 17.8 Å². The summed E-state index contributed by atoms with van der Waals surface area (Å²) in [4.78, 5) is 42.5. The van der Waals surface area contributed by atoms with Crippen LogP contribution in [0, 0.1) is 17.8 Å². The molecule has 2 atom stereocenters. The van der Waals surface area contributed by atoms with Crippen molar-refractivity contribution in [1.29, 1.82) is 0 Å². The van der Waals surface area contributed by atoms with Crippen LogP contribution in [0.25, 0.3) is 0 Å². The molecule has 10 nitrogen and oxygen atoms in total. The lowest BCUT2D eigenvalue weighted by atomic mass is 9.74. The van der Waals surface area contributed by atoms with Crippen LogP contribution in [0.15, 0.2) is 4.52 Å². The van der Waals surface area contributed by atoms with E-state index in [9.17, 15) is 27.6 Å². The Balaban J connectivity index is 1.83. The van der Waals surface area contributed by atoms with Gasteiger partial charge in [-0.3, -0.25) is 9.59 Å². The number of Topliss-reactive ketones (excluding diaryl/α,β-unsaturated/α-hetero) is 1. The smallest absolute Gasteiger partial charge is 0.450 e. The Morgan fingerprint density at radius 2 is 1.82 bits per heavy atom. The molecule has 13 heteroatoms. The number of morpholine rings is 1. The van der Waals surface area contributed by atoms with Gasteiger partial charge < -0.3 is 24.6 Å². The summed E-state index contributed by atoms with van der Waals surface area (Å²) in [5.74, 6) is -4.71. The standard InChI is InChI=1S/C21H29F3N4O6/c22-21(23,24)19-26-17(27-34-19)16(29)14(6-9-33-20(25)31)12-15(13-4-2-1-3-5-13)18(30)28-7-10-32-11-8-28/h13-15H,1-12H2,(H2,25,31). The van der Waals surface area contributed by atoms with Crippen molar-refractivity contribution in [2.75, 3.05) is 32.9 Å². The summed E-state index contributed by atoms with van der Waals surface area (Å²) in [6, 6.07) is 0. The molecule has 3 rings (SSSR count). The van der Waals surface area contributed by atoms with Gasteiger partial charge in [0.15, 0.2) is 0 Å². The molecule has 0 bridgehead atoms. The quantitative estimate of drug-likeness (QED) is 0.522. The van der Waals surface area contributed by atoms with Crippen LogP contribution in [0.1, 0.15) is 61.5 Å². The van der Waals surface area contributed by atoms with Gasteiger partial charge in [-0.15, -0.1) is 0 Å². The van der Waals surface area contributed by atoms with Gasteiger partial charge in [-0.2, -0.15) is 18.2 Å². The van der Waals surface area contributed by atoms with Gasteiger partial charge in [0.2, 0.25) is 17.5 Å². The summed E-state index contributed by atoms with van der Waals surface area (Å²) in [7, 11) is 0. The molecule has 1 saturated carbocycles. The number of nitrogens with two attached hydrogens (primary N) is 1. The zero-order valence-electron chi connectivity index (χ0n) is 18.7. The number of alkyl halides is 3. The molecule has 1 aliphatic heterocycles.